The van der Waals surface area contributed by atoms with Gasteiger partial charge in [0, 0.05) is 6.20 Å². The number of halogens is 2. The summed E-state index contributed by atoms with van der Waals surface area (Å²) < 4.78 is 32.7. The Balaban J connectivity index is 0.000000201. The number of carbonyl (C=O) groups is 1. The Bertz CT molecular complexity index is 814. The van der Waals surface area contributed by atoms with Gasteiger partial charge >= 0.3 is 17.6 Å². The molecule has 2 fully saturated rings. The molecule has 4 heterocycles. The van der Waals surface area contributed by atoms with Crippen LogP contribution in [0.15, 0.2) is 22.1 Å². The molecule has 3 aliphatic heterocycles. The number of aliphatic imine (C=N–C) groups is 1. The van der Waals surface area contributed by atoms with Crippen molar-refractivity contribution in [3.8, 4) is 0 Å². The molecule has 0 bridgehead atoms. The fourth-order valence-electron chi connectivity index (χ4n) is 2.58. The Morgan fingerprint density at radius 2 is 2.08 bits per heavy atom. The SMILES string of the molecule is NC1=NC(=O)N2CC12.Nc1ccn([C@@H]2O[C@H](CO)[C@@H](O)C2(F)F)c(=O)n1. The second kappa shape index (κ2) is 6.26. The molecular weight excluding hydrogens is 358 g/mol. The van der Waals surface area contributed by atoms with Crippen LogP contribution in [0.1, 0.15) is 6.23 Å². The summed E-state index contributed by atoms with van der Waals surface area (Å²) >= 11 is 0. The number of alkyl halides is 2. The van der Waals surface area contributed by atoms with Crippen LogP contribution in [0.3, 0.4) is 0 Å². The molecule has 0 aliphatic carbocycles. The number of nitrogens with two attached hydrogens (primary N) is 2. The maximum Gasteiger partial charge on any atom is 0.351 e. The number of amides is 2. The van der Waals surface area contributed by atoms with Crippen LogP contribution in [0, 0.1) is 0 Å². The molecule has 2 saturated heterocycles. The van der Waals surface area contributed by atoms with Crippen LogP contribution < -0.4 is 17.2 Å². The van der Waals surface area contributed by atoms with Crippen LogP contribution in [-0.2, 0) is 4.74 Å². The van der Waals surface area contributed by atoms with Crippen LogP contribution >= 0.6 is 0 Å². The van der Waals surface area contributed by atoms with Gasteiger partial charge in [-0.25, -0.2) is 9.59 Å². The Morgan fingerprint density at radius 3 is 2.46 bits per heavy atom. The second-order valence-electron chi connectivity index (χ2n) is 5.86. The largest absolute Gasteiger partial charge is 0.394 e. The third-order valence-corrected chi connectivity index (χ3v) is 4.09. The van der Waals surface area contributed by atoms with Gasteiger partial charge in [0.2, 0.25) is 6.23 Å². The first kappa shape index (κ1) is 18.2. The number of hydrogen-bond acceptors (Lipinski definition) is 8. The van der Waals surface area contributed by atoms with Crippen LogP contribution in [0.25, 0.3) is 0 Å². The van der Waals surface area contributed by atoms with Crippen LogP contribution in [0.4, 0.5) is 19.4 Å². The first-order valence-corrected chi connectivity index (χ1v) is 7.48. The van der Waals surface area contributed by atoms with Crippen molar-refractivity contribution in [2.24, 2.45) is 10.7 Å². The van der Waals surface area contributed by atoms with Gasteiger partial charge < -0.3 is 31.3 Å². The number of aliphatic hydroxyl groups excluding tert-OH is 2. The van der Waals surface area contributed by atoms with Gasteiger partial charge in [0.25, 0.3) is 0 Å². The number of fused-ring (bicyclic) bond motifs is 1. The molecule has 142 valence electrons. The molecule has 1 aromatic rings. The third kappa shape index (κ3) is 3.00. The van der Waals surface area contributed by atoms with E-state index in [4.69, 9.17) is 21.3 Å². The molecule has 13 heteroatoms. The standard InChI is InChI=1S/C9H11F2N3O4.C4H5N3O/c10-9(11)6(16)4(3-15)18-7(9)14-2-1-5(12)13-8(14)17;5-3-2-1-7(2)4(8)6-3/h1-2,4,6-7,15-16H,3H2,(H2,12,13,17);2H,1H2,(H2,5,6,8)/t4-,6-,7-;/m1./s1. The molecule has 0 spiro atoms. The van der Waals surface area contributed by atoms with Gasteiger partial charge in [-0.3, -0.25) is 4.57 Å². The summed E-state index contributed by atoms with van der Waals surface area (Å²) in [6.45, 7) is -0.00141. The molecule has 0 saturated carbocycles. The molecule has 11 nitrogen and oxygen atoms in total. The number of nitrogens with zero attached hydrogens (tertiary/aromatic N) is 4. The maximum absolute atomic E-state index is 13.7. The van der Waals surface area contributed by atoms with E-state index in [0.29, 0.717) is 10.4 Å². The minimum Gasteiger partial charge on any atom is -0.394 e. The smallest absolute Gasteiger partial charge is 0.351 e. The highest BCUT2D eigenvalue weighted by molar-refractivity contribution is 6.06. The zero-order chi connectivity index (χ0) is 19.2. The summed E-state index contributed by atoms with van der Waals surface area (Å²) in [5, 5.41) is 18.1. The van der Waals surface area contributed by atoms with Crippen molar-refractivity contribution in [1.29, 1.82) is 0 Å². The highest BCUT2D eigenvalue weighted by atomic mass is 19.3. The molecule has 0 aromatic carbocycles. The highest BCUT2D eigenvalue weighted by Gasteiger charge is 2.59. The normalized spacial score (nSPS) is 31.2. The molecule has 1 unspecified atom stereocenters. The number of urea groups is 1. The number of aromatic nitrogens is 2. The van der Waals surface area contributed by atoms with Crippen LogP contribution in [0.2, 0.25) is 0 Å². The molecule has 26 heavy (non-hydrogen) atoms. The lowest BCUT2D eigenvalue weighted by molar-refractivity contribution is -0.140. The zero-order valence-electron chi connectivity index (χ0n) is 13.2. The number of hydrogen-bond donors (Lipinski definition) is 4. The van der Waals surface area contributed by atoms with Gasteiger partial charge in [-0.1, -0.05) is 0 Å². The van der Waals surface area contributed by atoms with Crippen molar-refractivity contribution in [1.82, 2.24) is 14.5 Å². The highest BCUT2D eigenvalue weighted by Crippen LogP contribution is 2.41. The van der Waals surface area contributed by atoms with Crippen LogP contribution in [0.5, 0.6) is 0 Å². The number of anilines is 1. The number of aliphatic hydroxyl groups is 2. The number of nitrogen functional groups attached to an aromatic ring is 1. The van der Waals surface area contributed by atoms with E-state index < -0.39 is 36.7 Å². The summed E-state index contributed by atoms with van der Waals surface area (Å²) in [6.07, 6.45) is -4.69. The fourth-order valence-corrected chi connectivity index (χ4v) is 2.58. The Morgan fingerprint density at radius 1 is 1.38 bits per heavy atom. The quantitative estimate of drug-likeness (QED) is 0.426. The van der Waals surface area contributed by atoms with Crippen molar-refractivity contribution in [2.75, 3.05) is 18.9 Å². The van der Waals surface area contributed by atoms with Gasteiger partial charge in [-0.15, -0.1) is 0 Å². The summed E-state index contributed by atoms with van der Waals surface area (Å²) in [6, 6.07) is 1.15. The number of carbonyl (C=O) groups excluding carboxylic acids is 1. The zero-order valence-corrected chi connectivity index (χ0v) is 13.2. The van der Waals surface area contributed by atoms with Gasteiger partial charge in [0.1, 0.15) is 23.8 Å². The second-order valence-corrected chi connectivity index (χ2v) is 5.86. The van der Waals surface area contributed by atoms with E-state index in [2.05, 4.69) is 9.98 Å². The van der Waals surface area contributed by atoms with E-state index >= 15 is 0 Å². The van der Waals surface area contributed by atoms with E-state index in [-0.39, 0.29) is 17.9 Å². The lowest BCUT2D eigenvalue weighted by atomic mass is 10.1. The third-order valence-electron chi connectivity index (χ3n) is 4.09. The lowest BCUT2D eigenvalue weighted by Crippen LogP contribution is -2.41. The molecule has 6 N–H and O–H groups in total. The minimum absolute atomic E-state index is 0.114. The number of rotatable bonds is 2. The monoisotopic (exact) mass is 374 g/mol. The molecule has 4 rings (SSSR count). The Hall–Kier alpha value is -2.64. The first-order chi connectivity index (χ1) is 12.2. The van der Waals surface area contributed by atoms with Gasteiger partial charge in [-0.2, -0.15) is 18.8 Å². The lowest BCUT2D eigenvalue weighted by Gasteiger charge is -2.20. The summed E-state index contributed by atoms with van der Waals surface area (Å²) in [5.74, 6) is -3.35. The molecule has 4 atom stereocenters. The van der Waals surface area contributed by atoms with Crippen LogP contribution in [-0.4, -0.2) is 73.9 Å². The molecule has 0 radical (unpaired) electrons. The average molecular weight is 374 g/mol. The molecular formula is C13H16F2N6O5. The van der Waals surface area contributed by atoms with Gasteiger partial charge in [-0.05, 0) is 6.07 Å². The van der Waals surface area contributed by atoms with E-state index in [1.165, 1.54) is 0 Å². The first-order valence-electron chi connectivity index (χ1n) is 7.48. The van der Waals surface area contributed by atoms with E-state index in [1.54, 1.807) is 4.90 Å². The predicted octanol–water partition coefficient (Wildman–Crippen LogP) is -2.13. The Labute approximate surface area is 144 Å². The predicted molar refractivity (Wildman–Crippen MR) is 82.4 cm³/mol. The topological polar surface area (TPSA) is 169 Å². The van der Waals surface area contributed by atoms with Crippen molar-refractivity contribution < 1.29 is 28.5 Å². The summed E-state index contributed by atoms with van der Waals surface area (Å²) in [7, 11) is 0. The van der Waals surface area contributed by atoms with Gasteiger partial charge in [0.15, 0.2) is 6.10 Å². The van der Waals surface area contributed by atoms with Crippen molar-refractivity contribution in [2.45, 2.75) is 30.4 Å². The van der Waals surface area contributed by atoms with E-state index in [1.807, 2.05) is 0 Å². The molecule has 3 aliphatic rings. The molecule has 1 aromatic heterocycles. The van der Waals surface area contributed by atoms with Crippen molar-refractivity contribution >= 4 is 17.7 Å². The van der Waals surface area contributed by atoms with Crippen molar-refractivity contribution in [3.63, 3.8) is 0 Å². The van der Waals surface area contributed by atoms with E-state index in [9.17, 15) is 23.5 Å². The molecule has 2 amide bonds. The summed E-state index contributed by atoms with van der Waals surface area (Å²) in [4.78, 5) is 30.3. The minimum atomic E-state index is -3.71. The number of ether oxygens (including phenoxy) is 1. The Kier molecular flexibility index (Phi) is 4.37. The van der Waals surface area contributed by atoms with Gasteiger partial charge in [0.05, 0.1) is 13.2 Å². The van der Waals surface area contributed by atoms with Crippen molar-refractivity contribution in [3.05, 3.63) is 22.7 Å². The van der Waals surface area contributed by atoms with E-state index in [0.717, 1.165) is 18.8 Å². The fraction of sp³-hybridized carbons (Fsp3) is 0.538. The average Bonchev–Trinajstić information content (AvgIpc) is 3.28. The summed E-state index contributed by atoms with van der Waals surface area (Å²) in [5.41, 5.74) is 9.51. The maximum atomic E-state index is 13.7. The number of amidine groups is 1.